The fourth-order valence-electron chi connectivity index (χ4n) is 2.18. The quantitative estimate of drug-likeness (QED) is 0.739. The topological polar surface area (TPSA) is 86.5 Å². The van der Waals surface area contributed by atoms with Gasteiger partial charge in [-0.25, -0.2) is 4.98 Å². The van der Waals surface area contributed by atoms with Crippen molar-refractivity contribution >= 4 is 36.4 Å². The normalized spacial score (nSPS) is 10.9. The molecule has 0 spiro atoms. The Morgan fingerprint density at radius 1 is 1.23 bits per heavy atom. The molecule has 1 aromatic carbocycles. The van der Waals surface area contributed by atoms with Crippen molar-refractivity contribution in [3.8, 4) is 11.6 Å². The minimum Gasteiger partial charge on any atom is -0.437 e. The molecule has 8 heteroatoms. The first-order valence-electron chi connectivity index (χ1n) is 7.77. The number of aromatic nitrogens is 1. The lowest BCUT2D eigenvalue weighted by Gasteiger charge is -2.15. The lowest BCUT2D eigenvalue weighted by atomic mass is 10.1. The number of anilines is 1. The van der Waals surface area contributed by atoms with Gasteiger partial charge in [-0.05, 0) is 43.2 Å². The molecule has 1 heterocycles. The molecule has 0 aliphatic carbocycles. The Hall–Kier alpha value is -1.86. The molecule has 2 aromatic rings. The van der Waals surface area contributed by atoms with E-state index in [-0.39, 0.29) is 49.8 Å². The third kappa shape index (κ3) is 6.46. The average Bonchev–Trinajstić information content (AvgIpc) is 2.58. The number of methoxy groups -OCH3 is 1. The third-order valence-electron chi connectivity index (χ3n) is 3.82. The first-order valence-corrected chi connectivity index (χ1v) is 7.77. The molecule has 0 saturated heterocycles. The third-order valence-corrected chi connectivity index (χ3v) is 3.82. The van der Waals surface area contributed by atoms with E-state index in [4.69, 9.17) is 15.2 Å². The van der Waals surface area contributed by atoms with Gasteiger partial charge in [-0.15, -0.1) is 24.8 Å². The molecule has 1 aromatic heterocycles. The first-order chi connectivity index (χ1) is 11.5. The molecular formula is C18H25Cl2N3O3. The Morgan fingerprint density at radius 3 is 2.62 bits per heavy atom. The molecule has 0 saturated carbocycles. The van der Waals surface area contributed by atoms with Gasteiger partial charge in [0.05, 0.1) is 12.5 Å². The number of halogens is 2. The molecule has 0 fully saturated rings. The van der Waals surface area contributed by atoms with Crippen LogP contribution in [0.3, 0.4) is 0 Å². The van der Waals surface area contributed by atoms with Crippen LogP contribution in [0.1, 0.15) is 17.5 Å². The molecule has 1 atom stereocenters. The Balaban J connectivity index is 0.00000312. The van der Waals surface area contributed by atoms with Crippen molar-refractivity contribution in [3.63, 3.8) is 0 Å². The predicted molar refractivity (Wildman–Crippen MR) is 108 cm³/mol. The summed E-state index contributed by atoms with van der Waals surface area (Å²) in [6.45, 7) is 4.28. The highest BCUT2D eigenvalue weighted by Gasteiger charge is 2.15. The van der Waals surface area contributed by atoms with E-state index in [1.807, 2.05) is 32.0 Å². The lowest BCUT2D eigenvalue weighted by Crippen LogP contribution is -2.28. The van der Waals surface area contributed by atoms with Crippen LogP contribution in [0.2, 0.25) is 0 Å². The highest BCUT2D eigenvalue weighted by Crippen LogP contribution is 2.30. The van der Waals surface area contributed by atoms with E-state index in [1.165, 1.54) is 7.11 Å². The van der Waals surface area contributed by atoms with E-state index >= 15 is 0 Å². The van der Waals surface area contributed by atoms with E-state index in [0.717, 1.165) is 11.1 Å². The fraction of sp³-hybridized carbons (Fsp3) is 0.333. The number of benzene rings is 1. The van der Waals surface area contributed by atoms with Gasteiger partial charge in [0, 0.05) is 19.9 Å². The van der Waals surface area contributed by atoms with Crippen LogP contribution in [0.25, 0.3) is 0 Å². The second-order valence-corrected chi connectivity index (χ2v) is 5.50. The van der Waals surface area contributed by atoms with Crippen LogP contribution < -0.4 is 15.8 Å². The van der Waals surface area contributed by atoms with E-state index in [9.17, 15) is 4.79 Å². The van der Waals surface area contributed by atoms with Gasteiger partial charge in [-0.2, -0.15) is 0 Å². The van der Waals surface area contributed by atoms with Crippen LogP contribution in [-0.2, 0) is 9.53 Å². The number of hydrogen-bond acceptors (Lipinski definition) is 5. The number of aryl methyl sites for hydroxylation is 1. The molecular weight excluding hydrogens is 377 g/mol. The van der Waals surface area contributed by atoms with E-state index in [1.54, 1.807) is 18.3 Å². The maximum Gasteiger partial charge on any atom is 0.243 e. The maximum absolute atomic E-state index is 12.1. The SMILES string of the molecule is COC(CN)CC(=O)Nc1cccnc1Oc1cccc(C)c1C.Cl.Cl. The summed E-state index contributed by atoms with van der Waals surface area (Å²) in [7, 11) is 1.53. The van der Waals surface area contributed by atoms with Crippen LogP contribution >= 0.6 is 24.8 Å². The summed E-state index contributed by atoms with van der Waals surface area (Å²) in [5, 5.41) is 2.80. The highest BCUT2D eigenvalue weighted by molar-refractivity contribution is 5.92. The van der Waals surface area contributed by atoms with Gasteiger partial charge in [-0.1, -0.05) is 12.1 Å². The Kier molecular flexibility index (Phi) is 10.9. The van der Waals surface area contributed by atoms with Crippen molar-refractivity contribution in [1.29, 1.82) is 0 Å². The number of amides is 1. The zero-order valence-electron chi connectivity index (χ0n) is 15.0. The van der Waals surface area contributed by atoms with Crippen LogP contribution in [0, 0.1) is 13.8 Å². The molecule has 2 rings (SSSR count). The second kappa shape index (κ2) is 11.7. The summed E-state index contributed by atoms with van der Waals surface area (Å²) in [4.78, 5) is 16.4. The standard InChI is InChI=1S/C18H23N3O3.2ClH/c1-12-6-4-8-16(13(12)2)24-18-15(7-5-9-20-18)21-17(22)10-14(11-19)23-3;;/h4-9,14H,10-11,19H2,1-3H3,(H,21,22);2*1H. The van der Waals surface area contributed by atoms with Crippen LogP contribution in [0.4, 0.5) is 5.69 Å². The number of rotatable bonds is 7. The predicted octanol–water partition coefficient (Wildman–Crippen LogP) is 3.64. The van der Waals surface area contributed by atoms with Crippen LogP contribution in [0.5, 0.6) is 11.6 Å². The lowest BCUT2D eigenvalue weighted by molar-refractivity contribution is -0.118. The van der Waals surface area contributed by atoms with Gasteiger partial charge < -0.3 is 20.5 Å². The molecule has 1 amide bonds. The van der Waals surface area contributed by atoms with Crippen molar-refractivity contribution in [2.45, 2.75) is 26.4 Å². The second-order valence-electron chi connectivity index (χ2n) is 5.50. The first kappa shape index (κ1) is 24.1. The van der Waals surface area contributed by atoms with Gasteiger partial charge in [0.2, 0.25) is 11.8 Å². The summed E-state index contributed by atoms with van der Waals surface area (Å²) < 4.78 is 11.0. The van der Waals surface area contributed by atoms with Crippen molar-refractivity contribution in [2.75, 3.05) is 19.0 Å². The summed E-state index contributed by atoms with van der Waals surface area (Å²) in [6, 6.07) is 9.29. The fourth-order valence-corrected chi connectivity index (χ4v) is 2.18. The number of nitrogens with one attached hydrogen (secondary N) is 1. The van der Waals surface area contributed by atoms with E-state index in [0.29, 0.717) is 17.3 Å². The van der Waals surface area contributed by atoms with Crippen LogP contribution in [-0.4, -0.2) is 30.6 Å². The molecule has 3 N–H and O–H groups in total. The van der Waals surface area contributed by atoms with Gasteiger partial charge in [0.15, 0.2) is 0 Å². The van der Waals surface area contributed by atoms with Gasteiger partial charge in [0.1, 0.15) is 11.4 Å². The highest BCUT2D eigenvalue weighted by atomic mass is 35.5. The largest absolute Gasteiger partial charge is 0.437 e. The number of nitrogens with zero attached hydrogens (tertiary/aromatic N) is 1. The van der Waals surface area contributed by atoms with Crippen molar-refractivity contribution in [1.82, 2.24) is 4.98 Å². The molecule has 6 nitrogen and oxygen atoms in total. The molecule has 0 aliphatic rings. The molecule has 0 bridgehead atoms. The van der Waals surface area contributed by atoms with Gasteiger partial charge >= 0.3 is 0 Å². The van der Waals surface area contributed by atoms with Crippen molar-refractivity contribution in [3.05, 3.63) is 47.7 Å². The van der Waals surface area contributed by atoms with Gasteiger partial charge in [-0.3, -0.25) is 4.79 Å². The maximum atomic E-state index is 12.1. The number of pyridine rings is 1. The Bertz CT molecular complexity index is 710. The minimum absolute atomic E-state index is 0. The molecule has 144 valence electrons. The Morgan fingerprint density at radius 2 is 1.96 bits per heavy atom. The summed E-state index contributed by atoms with van der Waals surface area (Å²) in [6.07, 6.45) is 1.48. The number of carbonyl (C=O) groups excluding carboxylic acids is 1. The average molecular weight is 402 g/mol. The van der Waals surface area contributed by atoms with E-state index < -0.39 is 0 Å². The molecule has 26 heavy (non-hydrogen) atoms. The molecule has 1 unspecified atom stereocenters. The summed E-state index contributed by atoms with van der Waals surface area (Å²) >= 11 is 0. The minimum atomic E-state index is -0.315. The smallest absolute Gasteiger partial charge is 0.243 e. The Labute approximate surface area is 166 Å². The van der Waals surface area contributed by atoms with Crippen molar-refractivity contribution < 1.29 is 14.3 Å². The van der Waals surface area contributed by atoms with Gasteiger partial charge in [0.25, 0.3) is 0 Å². The van der Waals surface area contributed by atoms with Crippen LogP contribution in [0.15, 0.2) is 36.5 Å². The number of hydrogen-bond donors (Lipinski definition) is 2. The summed E-state index contributed by atoms with van der Waals surface area (Å²) in [5.41, 5.74) is 8.21. The zero-order chi connectivity index (χ0) is 17.5. The number of carbonyl (C=O) groups is 1. The zero-order valence-corrected chi connectivity index (χ0v) is 16.7. The van der Waals surface area contributed by atoms with Crippen molar-refractivity contribution in [2.24, 2.45) is 5.73 Å². The number of ether oxygens (including phenoxy) is 2. The monoisotopic (exact) mass is 401 g/mol. The van der Waals surface area contributed by atoms with E-state index in [2.05, 4.69) is 10.3 Å². The summed E-state index contributed by atoms with van der Waals surface area (Å²) in [5.74, 6) is 0.855. The molecule has 0 radical (unpaired) electrons. The number of nitrogens with two attached hydrogens (primary N) is 1. The molecule has 0 aliphatic heterocycles.